The van der Waals surface area contributed by atoms with E-state index in [2.05, 4.69) is 15.6 Å². The highest BCUT2D eigenvalue weighted by Gasteiger charge is 2.04. The predicted molar refractivity (Wildman–Crippen MR) is 84.4 cm³/mol. The molecular weight excluding hydrogens is 290 g/mol. The number of nitrogens with one attached hydrogen (secondary N) is 2. The van der Waals surface area contributed by atoms with Gasteiger partial charge in [0.25, 0.3) is 0 Å². The highest BCUT2D eigenvalue weighted by atomic mass is 35.5. The second-order valence-corrected chi connectivity index (χ2v) is 4.80. The summed E-state index contributed by atoms with van der Waals surface area (Å²) in [5.74, 6) is 0.432. The van der Waals surface area contributed by atoms with Gasteiger partial charge in [-0.1, -0.05) is 17.7 Å². The Kier molecular flexibility index (Phi) is 5.00. The Balaban J connectivity index is 2.05. The van der Waals surface area contributed by atoms with Gasteiger partial charge in [-0.25, -0.2) is 9.78 Å². The van der Waals surface area contributed by atoms with E-state index in [4.69, 9.17) is 16.3 Å². The first-order chi connectivity index (χ1) is 10.1. The Labute approximate surface area is 128 Å². The smallest absolute Gasteiger partial charge is 0.412 e. The van der Waals surface area contributed by atoms with Crippen molar-refractivity contribution in [2.24, 2.45) is 0 Å². The van der Waals surface area contributed by atoms with Gasteiger partial charge in [0.15, 0.2) is 0 Å². The van der Waals surface area contributed by atoms with E-state index in [1.807, 2.05) is 31.2 Å². The molecule has 1 aromatic carbocycles. The Hall–Kier alpha value is -2.27. The van der Waals surface area contributed by atoms with Gasteiger partial charge in [0.2, 0.25) is 0 Å². The molecule has 1 aromatic heterocycles. The molecule has 0 fully saturated rings. The first kappa shape index (κ1) is 15.1. The van der Waals surface area contributed by atoms with E-state index < -0.39 is 6.09 Å². The molecule has 0 aliphatic rings. The lowest BCUT2D eigenvalue weighted by Gasteiger charge is -2.10. The van der Waals surface area contributed by atoms with Crippen LogP contribution in [0.3, 0.4) is 0 Å². The van der Waals surface area contributed by atoms with Gasteiger partial charge in [0.1, 0.15) is 5.82 Å². The van der Waals surface area contributed by atoms with Gasteiger partial charge < -0.3 is 10.1 Å². The van der Waals surface area contributed by atoms with Crippen LogP contribution in [0.4, 0.5) is 22.0 Å². The molecule has 2 rings (SSSR count). The van der Waals surface area contributed by atoms with Crippen LogP contribution in [0.1, 0.15) is 12.5 Å². The number of benzene rings is 1. The number of amides is 1. The van der Waals surface area contributed by atoms with Gasteiger partial charge in [0, 0.05) is 10.7 Å². The molecule has 0 saturated heterocycles. The lowest BCUT2D eigenvalue weighted by Crippen LogP contribution is -2.14. The van der Waals surface area contributed by atoms with Crippen LogP contribution >= 0.6 is 11.6 Å². The van der Waals surface area contributed by atoms with E-state index in [1.54, 1.807) is 19.2 Å². The quantitative estimate of drug-likeness (QED) is 0.881. The number of rotatable bonds is 4. The number of aryl methyl sites for hydroxylation is 1. The molecule has 6 heteroatoms. The van der Waals surface area contributed by atoms with Crippen LogP contribution in [-0.4, -0.2) is 17.7 Å². The SMILES string of the molecule is CCOC(=O)Nc1ccc(Nc2cc(Cl)ccc2C)cn1. The summed E-state index contributed by atoms with van der Waals surface area (Å²) in [5.41, 5.74) is 2.79. The van der Waals surface area contributed by atoms with E-state index in [9.17, 15) is 4.79 Å². The van der Waals surface area contributed by atoms with Crippen LogP contribution < -0.4 is 10.6 Å². The Morgan fingerprint density at radius 3 is 2.81 bits per heavy atom. The highest BCUT2D eigenvalue weighted by molar-refractivity contribution is 6.30. The average molecular weight is 306 g/mol. The number of carbonyl (C=O) groups is 1. The van der Waals surface area contributed by atoms with Gasteiger partial charge in [-0.05, 0) is 43.7 Å². The number of anilines is 3. The van der Waals surface area contributed by atoms with Crippen molar-refractivity contribution >= 4 is 34.9 Å². The maximum absolute atomic E-state index is 11.3. The van der Waals surface area contributed by atoms with Crippen LogP contribution in [0, 0.1) is 6.92 Å². The lowest BCUT2D eigenvalue weighted by molar-refractivity contribution is 0.168. The average Bonchev–Trinajstić information content (AvgIpc) is 2.45. The molecule has 0 aliphatic carbocycles. The van der Waals surface area contributed by atoms with Crippen LogP contribution in [-0.2, 0) is 4.74 Å². The predicted octanol–water partition coefficient (Wildman–Crippen LogP) is 4.36. The molecule has 1 heterocycles. The number of ether oxygens (including phenoxy) is 1. The number of pyridine rings is 1. The van der Waals surface area contributed by atoms with Crippen LogP contribution in [0.25, 0.3) is 0 Å². The standard InChI is InChI=1S/C15H16ClN3O2/c1-3-21-15(20)19-14-7-6-12(9-17-14)18-13-8-11(16)5-4-10(13)2/h4-9,18H,3H2,1-2H3,(H,17,19,20). The third-order valence-electron chi connectivity index (χ3n) is 2.75. The molecule has 0 atom stereocenters. The minimum absolute atomic E-state index is 0.319. The molecule has 0 aliphatic heterocycles. The van der Waals surface area contributed by atoms with E-state index in [0.717, 1.165) is 16.9 Å². The van der Waals surface area contributed by atoms with Gasteiger partial charge in [-0.3, -0.25) is 5.32 Å². The summed E-state index contributed by atoms with van der Waals surface area (Å²) in [5, 5.41) is 6.42. The summed E-state index contributed by atoms with van der Waals surface area (Å²) in [6, 6.07) is 9.14. The largest absolute Gasteiger partial charge is 0.450 e. The van der Waals surface area contributed by atoms with Gasteiger partial charge in [0.05, 0.1) is 18.5 Å². The molecule has 2 aromatic rings. The van der Waals surface area contributed by atoms with Gasteiger partial charge in [-0.2, -0.15) is 0 Å². The van der Waals surface area contributed by atoms with Crippen molar-refractivity contribution in [3.8, 4) is 0 Å². The number of carbonyl (C=O) groups excluding carboxylic acids is 1. The van der Waals surface area contributed by atoms with Crippen LogP contribution in [0.15, 0.2) is 36.5 Å². The zero-order valence-electron chi connectivity index (χ0n) is 11.8. The van der Waals surface area contributed by atoms with Gasteiger partial charge in [-0.15, -0.1) is 0 Å². The second kappa shape index (κ2) is 6.95. The molecule has 1 amide bonds. The molecule has 0 bridgehead atoms. The minimum Gasteiger partial charge on any atom is -0.450 e. The van der Waals surface area contributed by atoms with E-state index in [0.29, 0.717) is 17.4 Å². The Bertz CT molecular complexity index is 629. The fourth-order valence-corrected chi connectivity index (χ4v) is 1.87. The summed E-state index contributed by atoms with van der Waals surface area (Å²) in [7, 11) is 0. The topological polar surface area (TPSA) is 63.2 Å². The van der Waals surface area contributed by atoms with E-state index in [-0.39, 0.29) is 0 Å². The second-order valence-electron chi connectivity index (χ2n) is 4.36. The van der Waals surface area contributed by atoms with Crippen molar-refractivity contribution in [1.29, 1.82) is 0 Å². The fourth-order valence-electron chi connectivity index (χ4n) is 1.70. The molecule has 110 valence electrons. The van der Waals surface area contributed by atoms with Crippen LogP contribution in [0.2, 0.25) is 5.02 Å². The van der Waals surface area contributed by atoms with Crippen LogP contribution in [0.5, 0.6) is 0 Å². The van der Waals surface area contributed by atoms with Crippen molar-refractivity contribution in [1.82, 2.24) is 4.98 Å². The summed E-state index contributed by atoms with van der Waals surface area (Å²) < 4.78 is 4.78. The fraction of sp³-hybridized carbons (Fsp3) is 0.200. The van der Waals surface area contributed by atoms with Crippen molar-refractivity contribution in [2.45, 2.75) is 13.8 Å². The number of hydrogen-bond donors (Lipinski definition) is 2. The normalized spacial score (nSPS) is 10.0. The number of halogens is 1. The summed E-state index contributed by atoms with van der Waals surface area (Å²) in [4.78, 5) is 15.4. The number of hydrogen-bond acceptors (Lipinski definition) is 4. The van der Waals surface area contributed by atoms with Crippen molar-refractivity contribution in [3.63, 3.8) is 0 Å². The third kappa shape index (κ3) is 4.36. The van der Waals surface area contributed by atoms with Gasteiger partial charge >= 0.3 is 6.09 Å². The molecule has 0 saturated carbocycles. The number of nitrogens with zero attached hydrogens (tertiary/aromatic N) is 1. The Morgan fingerprint density at radius 1 is 1.33 bits per heavy atom. The molecule has 21 heavy (non-hydrogen) atoms. The molecular formula is C15H16ClN3O2. The van der Waals surface area contributed by atoms with Crippen molar-refractivity contribution in [2.75, 3.05) is 17.2 Å². The summed E-state index contributed by atoms with van der Waals surface area (Å²) >= 11 is 5.98. The van der Waals surface area contributed by atoms with E-state index in [1.165, 1.54) is 0 Å². The zero-order valence-corrected chi connectivity index (χ0v) is 12.6. The van der Waals surface area contributed by atoms with E-state index >= 15 is 0 Å². The molecule has 2 N–H and O–H groups in total. The lowest BCUT2D eigenvalue weighted by atomic mass is 10.2. The highest BCUT2D eigenvalue weighted by Crippen LogP contribution is 2.24. The first-order valence-electron chi connectivity index (χ1n) is 6.51. The van der Waals surface area contributed by atoms with Crippen molar-refractivity contribution in [3.05, 3.63) is 47.1 Å². The number of aromatic nitrogens is 1. The minimum atomic E-state index is -0.517. The first-order valence-corrected chi connectivity index (χ1v) is 6.89. The third-order valence-corrected chi connectivity index (χ3v) is 2.98. The summed E-state index contributed by atoms with van der Waals surface area (Å²) in [6.45, 7) is 4.05. The van der Waals surface area contributed by atoms with Crippen molar-refractivity contribution < 1.29 is 9.53 Å². The maximum atomic E-state index is 11.3. The summed E-state index contributed by atoms with van der Waals surface area (Å²) in [6.07, 6.45) is 1.11. The molecule has 0 spiro atoms. The molecule has 0 radical (unpaired) electrons. The maximum Gasteiger partial charge on any atom is 0.412 e. The molecule has 5 nitrogen and oxygen atoms in total. The molecule has 0 unspecified atom stereocenters. The monoisotopic (exact) mass is 305 g/mol. The Morgan fingerprint density at radius 2 is 2.14 bits per heavy atom. The zero-order chi connectivity index (χ0) is 15.2.